The summed E-state index contributed by atoms with van der Waals surface area (Å²) in [5.41, 5.74) is 2.69. The Morgan fingerprint density at radius 2 is 2.12 bits per heavy atom. The van der Waals surface area contributed by atoms with Crippen LogP contribution < -0.4 is 0 Å². The van der Waals surface area contributed by atoms with Crippen LogP contribution in [0, 0.1) is 11.8 Å². The molecule has 1 saturated heterocycles. The highest BCUT2D eigenvalue weighted by Crippen LogP contribution is 2.28. The number of rotatable bonds is 2. The topological polar surface area (TPSA) is 37.9 Å². The van der Waals surface area contributed by atoms with E-state index in [0.29, 0.717) is 6.10 Å². The maximum absolute atomic E-state index is 5.67. The predicted molar refractivity (Wildman–Crippen MR) is 67.0 cm³/mol. The van der Waals surface area contributed by atoms with Gasteiger partial charge in [-0.1, -0.05) is 13.8 Å². The number of imidazole rings is 1. The van der Waals surface area contributed by atoms with Crippen molar-refractivity contribution in [3.63, 3.8) is 0 Å². The number of hydrogen-bond donors (Lipinski definition) is 1. The van der Waals surface area contributed by atoms with Gasteiger partial charge >= 0.3 is 0 Å². The van der Waals surface area contributed by atoms with E-state index in [1.165, 1.54) is 24.2 Å². The summed E-state index contributed by atoms with van der Waals surface area (Å²) in [6.45, 7) is 5.61. The zero-order valence-electron chi connectivity index (χ0n) is 10.8. The number of ether oxygens (including phenoxy) is 1. The maximum atomic E-state index is 5.67. The number of aromatic amines is 1. The standard InChI is InChI=1S/C14H22N2O/c1-9-6-12-13(7-10(9)2)16-14(15-12)8-11-4-3-5-17-11/h9-11H,3-8H2,1-2H3,(H,15,16). The lowest BCUT2D eigenvalue weighted by Gasteiger charge is -2.24. The zero-order valence-corrected chi connectivity index (χ0v) is 10.8. The molecule has 1 N–H and O–H groups in total. The number of fused-ring (bicyclic) bond motifs is 1. The molecule has 1 aliphatic carbocycles. The van der Waals surface area contributed by atoms with E-state index in [1.807, 2.05) is 0 Å². The monoisotopic (exact) mass is 234 g/mol. The molecule has 1 aliphatic heterocycles. The molecule has 2 heterocycles. The molecule has 3 nitrogen and oxygen atoms in total. The van der Waals surface area contributed by atoms with E-state index in [-0.39, 0.29) is 0 Å². The Kier molecular flexibility index (Phi) is 2.95. The summed E-state index contributed by atoms with van der Waals surface area (Å²) in [6.07, 6.45) is 6.07. The van der Waals surface area contributed by atoms with E-state index in [1.54, 1.807) is 0 Å². The third-order valence-corrected chi connectivity index (χ3v) is 4.37. The number of nitrogens with one attached hydrogen (secondary N) is 1. The molecule has 0 aromatic carbocycles. The summed E-state index contributed by atoms with van der Waals surface area (Å²) in [5, 5.41) is 0. The second kappa shape index (κ2) is 4.45. The van der Waals surface area contributed by atoms with Gasteiger partial charge in [-0.15, -0.1) is 0 Å². The fourth-order valence-corrected chi connectivity index (χ4v) is 2.99. The SMILES string of the molecule is CC1Cc2nc(CC3CCCO3)[nH]c2CC1C. The van der Waals surface area contributed by atoms with Crippen molar-refractivity contribution in [2.75, 3.05) is 6.61 Å². The minimum Gasteiger partial charge on any atom is -0.378 e. The fraction of sp³-hybridized carbons (Fsp3) is 0.786. The first-order valence-corrected chi connectivity index (χ1v) is 6.90. The van der Waals surface area contributed by atoms with Gasteiger partial charge in [0.1, 0.15) is 5.82 Å². The molecule has 0 bridgehead atoms. The highest BCUT2D eigenvalue weighted by molar-refractivity contribution is 5.19. The molecule has 3 rings (SSSR count). The van der Waals surface area contributed by atoms with Gasteiger partial charge in [0.05, 0.1) is 11.8 Å². The molecule has 1 aromatic rings. The molecule has 0 spiro atoms. The number of hydrogen-bond acceptors (Lipinski definition) is 2. The number of nitrogens with zero attached hydrogens (tertiary/aromatic N) is 1. The Hall–Kier alpha value is -0.830. The van der Waals surface area contributed by atoms with Crippen molar-refractivity contribution >= 4 is 0 Å². The molecule has 3 atom stereocenters. The molecule has 3 unspecified atom stereocenters. The van der Waals surface area contributed by atoms with Gasteiger partial charge in [-0.2, -0.15) is 0 Å². The minimum atomic E-state index is 0.400. The first-order chi connectivity index (χ1) is 8.22. The molecule has 0 saturated carbocycles. The van der Waals surface area contributed by atoms with Crippen LogP contribution in [-0.2, 0) is 24.0 Å². The van der Waals surface area contributed by atoms with Gasteiger partial charge in [-0.3, -0.25) is 0 Å². The van der Waals surface area contributed by atoms with E-state index in [2.05, 4.69) is 18.8 Å². The van der Waals surface area contributed by atoms with E-state index in [0.717, 1.165) is 43.5 Å². The summed E-state index contributed by atoms with van der Waals surface area (Å²) >= 11 is 0. The largest absolute Gasteiger partial charge is 0.378 e. The lowest BCUT2D eigenvalue weighted by Crippen LogP contribution is -2.20. The average Bonchev–Trinajstić information content (AvgIpc) is 2.89. The van der Waals surface area contributed by atoms with Crippen LogP contribution in [0.2, 0.25) is 0 Å². The van der Waals surface area contributed by atoms with Crippen molar-refractivity contribution in [3.05, 3.63) is 17.2 Å². The second-order valence-corrected chi connectivity index (χ2v) is 5.81. The molecule has 1 fully saturated rings. The lowest BCUT2D eigenvalue weighted by molar-refractivity contribution is 0.110. The molecule has 3 heteroatoms. The predicted octanol–water partition coefficient (Wildman–Crippen LogP) is 2.50. The highest BCUT2D eigenvalue weighted by atomic mass is 16.5. The number of H-pyrrole nitrogens is 1. The van der Waals surface area contributed by atoms with Crippen LogP contribution in [0.1, 0.15) is 43.9 Å². The molecule has 0 amide bonds. The molecule has 1 aromatic heterocycles. The quantitative estimate of drug-likeness (QED) is 0.853. The van der Waals surface area contributed by atoms with E-state index in [9.17, 15) is 0 Å². The highest BCUT2D eigenvalue weighted by Gasteiger charge is 2.26. The van der Waals surface area contributed by atoms with Crippen molar-refractivity contribution in [1.82, 2.24) is 9.97 Å². The molecule has 94 valence electrons. The van der Waals surface area contributed by atoms with Crippen molar-refractivity contribution in [3.8, 4) is 0 Å². The van der Waals surface area contributed by atoms with Crippen molar-refractivity contribution in [2.45, 2.75) is 52.1 Å². The van der Waals surface area contributed by atoms with Crippen molar-refractivity contribution in [2.24, 2.45) is 11.8 Å². The molecule has 0 radical (unpaired) electrons. The lowest BCUT2D eigenvalue weighted by atomic mass is 9.82. The van der Waals surface area contributed by atoms with Gasteiger partial charge < -0.3 is 9.72 Å². The molecular weight excluding hydrogens is 212 g/mol. The fourth-order valence-electron chi connectivity index (χ4n) is 2.99. The molecular formula is C14H22N2O. The van der Waals surface area contributed by atoms with E-state index >= 15 is 0 Å². The van der Waals surface area contributed by atoms with E-state index in [4.69, 9.17) is 9.72 Å². The summed E-state index contributed by atoms with van der Waals surface area (Å²) in [6, 6.07) is 0. The Morgan fingerprint density at radius 3 is 2.88 bits per heavy atom. The molecule has 2 aliphatic rings. The van der Waals surface area contributed by atoms with Crippen LogP contribution >= 0.6 is 0 Å². The number of aromatic nitrogens is 2. The summed E-state index contributed by atoms with van der Waals surface area (Å²) in [5.74, 6) is 2.68. The van der Waals surface area contributed by atoms with E-state index < -0.39 is 0 Å². The first kappa shape index (κ1) is 11.3. The summed E-state index contributed by atoms with van der Waals surface area (Å²) in [4.78, 5) is 8.28. The van der Waals surface area contributed by atoms with Crippen LogP contribution in [-0.4, -0.2) is 22.7 Å². The van der Waals surface area contributed by atoms with Crippen LogP contribution in [0.3, 0.4) is 0 Å². The van der Waals surface area contributed by atoms with Crippen LogP contribution in [0.15, 0.2) is 0 Å². The summed E-state index contributed by atoms with van der Waals surface area (Å²) < 4.78 is 5.67. The van der Waals surface area contributed by atoms with Gasteiger partial charge in [0.2, 0.25) is 0 Å². The second-order valence-electron chi connectivity index (χ2n) is 5.81. The Balaban J connectivity index is 1.73. The van der Waals surface area contributed by atoms with Crippen molar-refractivity contribution < 1.29 is 4.74 Å². The Morgan fingerprint density at radius 1 is 1.29 bits per heavy atom. The third kappa shape index (κ3) is 2.25. The third-order valence-electron chi connectivity index (χ3n) is 4.37. The van der Waals surface area contributed by atoms with Gasteiger partial charge in [0.15, 0.2) is 0 Å². The summed E-state index contributed by atoms with van der Waals surface area (Å²) in [7, 11) is 0. The van der Waals surface area contributed by atoms with Crippen LogP contribution in [0.5, 0.6) is 0 Å². The maximum Gasteiger partial charge on any atom is 0.109 e. The minimum absolute atomic E-state index is 0.400. The van der Waals surface area contributed by atoms with Gasteiger partial charge in [0.25, 0.3) is 0 Å². The first-order valence-electron chi connectivity index (χ1n) is 6.90. The molecule has 17 heavy (non-hydrogen) atoms. The smallest absolute Gasteiger partial charge is 0.109 e. The average molecular weight is 234 g/mol. The Labute approximate surface area is 103 Å². The van der Waals surface area contributed by atoms with Crippen LogP contribution in [0.25, 0.3) is 0 Å². The van der Waals surface area contributed by atoms with Gasteiger partial charge in [0, 0.05) is 18.7 Å². The Bertz CT molecular complexity index is 365. The van der Waals surface area contributed by atoms with Crippen molar-refractivity contribution in [1.29, 1.82) is 0 Å². The van der Waals surface area contributed by atoms with Gasteiger partial charge in [-0.05, 0) is 37.5 Å². The van der Waals surface area contributed by atoms with Crippen LogP contribution in [0.4, 0.5) is 0 Å². The van der Waals surface area contributed by atoms with Gasteiger partial charge in [-0.25, -0.2) is 4.98 Å². The zero-order chi connectivity index (χ0) is 11.8. The normalized spacial score (nSPS) is 32.7.